The van der Waals surface area contributed by atoms with E-state index in [1.165, 1.54) is 6.92 Å². The van der Waals surface area contributed by atoms with Crippen molar-refractivity contribution in [2.75, 3.05) is 13.1 Å². The van der Waals surface area contributed by atoms with Gasteiger partial charge in [0.15, 0.2) is 0 Å². The Morgan fingerprint density at radius 3 is 2.38 bits per heavy atom. The predicted molar refractivity (Wildman–Crippen MR) is 46.9 cm³/mol. The van der Waals surface area contributed by atoms with Gasteiger partial charge in [-0.2, -0.15) is 0 Å². The van der Waals surface area contributed by atoms with Crippen LogP contribution in [0.5, 0.6) is 0 Å². The van der Waals surface area contributed by atoms with Crippen molar-refractivity contribution >= 4 is 10.1 Å². The van der Waals surface area contributed by atoms with E-state index in [1.807, 2.05) is 0 Å². The molecule has 4 nitrogen and oxygen atoms in total. The maximum atomic E-state index is 10.4. The molecular weight excluding hydrogens is 201 g/mol. The largest absolute Gasteiger partial charge is 1.00 e. The van der Waals surface area contributed by atoms with E-state index in [2.05, 4.69) is 12.2 Å². The van der Waals surface area contributed by atoms with Crippen molar-refractivity contribution in [3.8, 4) is 0 Å². The van der Waals surface area contributed by atoms with Crippen LogP contribution in [-0.2, 0) is 10.1 Å². The fourth-order valence-electron chi connectivity index (χ4n) is 0.709. The van der Waals surface area contributed by atoms with Crippen LogP contribution in [0.1, 0.15) is 26.7 Å². The minimum Gasteiger partial charge on any atom is -0.748 e. The number of unbranched alkanes of at least 4 members (excludes halogenated alkanes) is 1. The van der Waals surface area contributed by atoms with E-state index in [9.17, 15) is 13.0 Å². The maximum Gasteiger partial charge on any atom is 1.00 e. The molecule has 6 heteroatoms. The van der Waals surface area contributed by atoms with Crippen LogP contribution < -0.4 is 34.9 Å². The number of rotatable bonds is 6. The monoisotopic (exact) mass is 217 g/mol. The minimum atomic E-state index is -4.10. The molecule has 0 radical (unpaired) electrons. The third-order valence-electron chi connectivity index (χ3n) is 1.63. The molecule has 1 atom stereocenters. The van der Waals surface area contributed by atoms with E-state index < -0.39 is 15.4 Å². The Bertz CT molecular complexity index is 206. The van der Waals surface area contributed by atoms with Gasteiger partial charge in [-0.1, -0.05) is 13.3 Å². The third kappa shape index (κ3) is 9.18. The Morgan fingerprint density at radius 2 is 2.00 bits per heavy atom. The van der Waals surface area contributed by atoms with Gasteiger partial charge in [0.25, 0.3) is 0 Å². The normalized spacial score (nSPS) is 13.5. The van der Waals surface area contributed by atoms with Crippen molar-refractivity contribution in [1.29, 1.82) is 0 Å². The molecular formula is C7H16NNaO3S. The molecule has 0 aliphatic carbocycles. The molecule has 0 aliphatic rings. The summed E-state index contributed by atoms with van der Waals surface area (Å²) in [4.78, 5) is 0. The summed E-state index contributed by atoms with van der Waals surface area (Å²) in [6, 6.07) is 0. The molecule has 0 spiro atoms. The van der Waals surface area contributed by atoms with E-state index in [4.69, 9.17) is 0 Å². The van der Waals surface area contributed by atoms with Crippen molar-refractivity contribution in [1.82, 2.24) is 5.32 Å². The molecule has 0 saturated heterocycles. The molecule has 0 aliphatic heterocycles. The molecule has 0 bridgehead atoms. The third-order valence-corrected chi connectivity index (χ3v) is 2.78. The standard InChI is InChI=1S/C7H17NO3S.Na/c1-3-4-5-8-6-7(2)12(9,10)11;/h7-8H,3-6H2,1-2H3,(H,9,10,11);/q;+1/p-1. The number of nitrogens with one attached hydrogen (secondary N) is 1. The summed E-state index contributed by atoms with van der Waals surface area (Å²) in [5.74, 6) is 0. The molecule has 0 aromatic heterocycles. The van der Waals surface area contributed by atoms with Crippen molar-refractivity contribution in [2.24, 2.45) is 0 Å². The van der Waals surface area contributed by atoms with Crippen LogP contribution in [0, 0.1) is 0 Å². The number of hydrogen-bond donors (Lipinski definition) is 1. The van der Waals surface area contributed by atoms with Gasteiger partial charge in [0.05, 0.1) is 15.4 Å². The average Bonchev–Trinajstić information content (AvgIpc) is 1.96. The molecule has 0 amide bonds. The van der Waals surface area contributed by atoms with Crippen molar-refractivity contribution in [3.63, 3.8) is 0 Å². The molecule has 1 N–H and O–H groups in total. The summed E-state index contributed by atoms with van der Waals surface area (Å²) < 4.78 is 31.2. The van der Waals surface area contributed by atoms with E-state index in [0.29, 0.717) is 0 Å². The van der Waals surface area contributed by atoms with Gasteiger partial charge in [0.1, 0.15) is 0 Å². The summed E-state index contributed by atoms with van der Waals surface area (Å²) in [7, 11) is -4.10. The molecule has 0 saturated carbocycles. The van der Waals surface area contributed by atoms with E-state index in [0.717, 1.165) is 19.4 Å². The Hall–Kier alpha value is 0.870. The fourth-order valence-corrected chi connectivity index (χ4v) is 1.03. The first-order valence-electron chi connectivity index (χ1n) is 4.14. The summed E-state index contributed by atoms with van der Waals surface area (Å²) >= 11 is 0. The second-order valence-corrected chi connectivity index (χ2v) is 4.65. The SMILES string of the molecule is CCCCNCC(C)S(=O)(=O)[O-].[Na+]. The van der Waals surface area contributed by atoms with Crippen molar-refractivity contribution in [2.45, 2.75) is 31.9 Å². The quantitative estimate of drug-likeness (QED) is 0.299. The van der Waals surface area contributed by atoms with Crippen molar-refractivity contribution in [3.05, 3.63) is 0 Å². The van der Waals surface area contributed by atoms with Gasteiger partial charge < -0.3 is 9.87 Å². The predicted octanol–water partition coefficient (Wildman–Crippen LogP) is -2.69. The zero-order valence-corrected chi connectivity index (χ0v) is 11.4. The molecule has 0 aromatic rings. The first kappa shape index (κ1) is 16.3. The summed E-state index contributed by atoms with van der Waals surface area (Å²) in [6.45, 7) is 4.50. The van der Waals surface area contributed by atoms with E-state index >= 15 is 0 Å². The Morgan fingerprint density at radius 1 is 1.46 bits per heavy atom. The number of hydrogen-bond acceptors (Lipinski definition) is 4. The Kier molecular flexibility index (Phi) is 10.3. The van der Waals surface area contributed by atoms with Crippen molar-refractivity contribution < 1.29 is 42.5 Å². The molecule has 0 fully saturated rings. The fraction of sp³-hybridized carbons (Fsp3) is 1.00. The molecule has 74 valence electrons. The van der Waals surface area contributed by atoms with Gasteiger partial charge in [-0.15, -0.1) is 0 Å². The second kappa shape index (κ2) is 8.20. The molecule has 0 aromatic carbocycles. The minimum absolute atomic E-state index is 0. The Labute approximate surface area is 103 Å². The van der Waals surface area contributed by atoms with Crippen LogP contribution in [0.3, 0.4) is 0 Å². The van der Waals surface area contributed by atoms with Crippen LogP contribution >= 0.6 is 0 Å². The van der Waals surface area contributed by atoms with Gasteiger partial charge >= 0.3 is 29.6 Å². The van der Waals surface area contributed by atoms with E-state index in [-0.39, 0.29) is 36.1 Å². The van der Waals surface area contributed by atoms with Crippen LogP contribution in [0.4, 0.5) is 0 Å². The van der Waals surface area contributed by atoms with Crippen LogP contribution in [0.25, 0.3) is 0 Å². The topological polar surface area (TPSA) is 69.2 Å². The molecule has 0 rings (SSSR count). The van der Waals surface area contributed by atoms with Gasteiger partial charge in [-0.25, -0.2) is 8.42 Å². The first-order chi connectivity index (χ1) is 5.48. The van der Waals surface area contributed by atoms with Gasteiger partial charge in [-0.05, 0) is 19.9 Å². The van der Waals surface area contributed by atoms with E-state index in [1.54, 1.807) is 0 Å². The van der Waals surface area contributed by atoms with Crippen LogP contribution in [0.2, 0.25) is 0 Å². The Balaban J connectivity index is 0. The summed E-state index contributed by atoms with van der Waals surface area (Å²) in [6.07, 6.45) is 2.07. The van der Waals surface area contributed by atoms with Gasteiger partial charge in [0.2, 0.25) is 0 Å². The second-order valence-electron chi connectivity index (χ2n) is 2.86. The van der Waals surface area contributed by atoms with Crippen LogP contribution in [0.15, 0.2) is 0 Å². The molecule has 13 heavy (non-hydrogen) atoms. The smallest absolute Gasteiger partial charge is 0.748 e. The first-order valence-corrected chi connectivity index (χ1v) is 5.61. The summed E-state index contributed by atoms with van der Waals surface area (Å²) in [5, 5.41) is 2.09. The van der Waals surface area contributed by atoms with Crippen LogP contribution in [-0.4, -0.2) is 31.3 Å². The van der Waals surface area contributed by atoms with Gasteiger partial charge in [-0.3, -0.25) is 0 Å². The zero-order valence-electron chi connectivity index (χ0n) is 8.54. The zero-order chi connectivity index (χ0) is 9.61. The summed E-state index contributed by atoms with van der Waals surface area (Å²) in [5.41, 5.74) is 0. The van der Waals surface area contributed by atoms with Gasteiger partial charge in [0, 0.05) is 6.54 Å². The molecule has 1 unspecified atom stereocenters. The maximum absolute atomic E-state index is 10.4. The molecule has 0 heterocycles. The average molecular weight is 217 g/mol.